The van der Waals surface area contributed by atoms with Crippen LogP contribution < -0.4 is 0 Å². The minimum Gasteiger partial charge on any atom is -0.372 e. The lowest BCUT2D eigenvalue weighted by atomic mass is 10.0. The molecule has 1 aliphatic heterocycles. The van der Waals surface area contributed by atoms with E-state index in [2.05, 4.69) is 11.1 Å². The molecule has 1 aromatic rings. The normalized spacial score (nSPS) is 22.5. The van der Waals surface area contributed by atoms with E-state index in [1.54, 1.807) is 0 Å². The van der Waals surface area contributed by atoms with Crippen LogP contribution >= 0.6 is 11.6 Å². The molecular weight excluding hydrogens is 236 g/mol. The molecule has 4 heteroatoms. The Bertz CT molecular complexity index is 501. The van der Waals surface area contributed by atoms with Crippen LogP contribution in [0, 0.1) is 11.3 Å². The first-order chi connectivity index (χ1) is 8.31. The number of aromatic nitrogens is 1. The molecule has 0 aromatic carbocycles. The van der Waals surface area contributed by atoms with Crippen molar-refractivity contribution in [2.75, 3.05) is 6.61 Å². The summed E-state index contributed by atoms with van der Waals surface area (Å²) in [5.74, 6) is 0. The molecule has 1 atom stereocenters. The standard InChI is InChI=1S/C13H13ClN2O/c14-13-10(7-15)8-3-1-4-9(8)12(16-13)11-5-2-6-17-11/h11H,1-6H2/t11-/m0/s1. The van der Waals surface area contributed by atoms with E-state index in [1.807, 2.05) is 0 Å². The Morgan fingerprint density at radius 1 is 1.29 bits per heavy atom. The zero-order chi connectivity index (χ0) is 11.8. The van der Waals surface area contributed by atoms with Crippen molar-refractivity contribution in [1.29, 1.82) is 5.26 Å². The minimum absolute atomic E-state index is 0.0899. The summed E-state index contributed by atoms with van der Waals surface area (Å²) in [5.41, 5.74) is 3.88. The molecular formula is C13H13ClN2O. The van der Waals surface area contributed by atoms with Gasteiger partial charge < -0.3 is 4.74 Å². The summed E-state index contributed by atoms with van der Waals surface area (Å²) >= 11 is 6.10. The lowest BCUT2D eigenvalue weighted by Crippen LogP contribution is -2.07. The molecule has 2 aliphatic rings. The number of nitriles is 1. The summed E-state index contributed by atoms with van der Waals surface area (Å²) < 4.78 is 5.69. The van der Waals surface area contributed by atoms with Gasteiger partial charge in [-0.1, -0.05) is 11.6 Å². The summed E-state index contributed by atoms with van der Waals surface area (Å²) in [6.07, 6.45) is 5.22. The fraction of sp³-hybridized carbons (Fsp3) is 0.538. The Kier molecular flexibility index (Phi) is 2.78. The van der Waals surface area contributed by atoms with Gasteiger partial charge in [0.05, 0.1) is 17.4 Å². The number of hydrogen-bond acceptors (Lipinski definition) is 3. The highest BCUT2D eigenvalue weighted by Crippen LogP contribution is 2.37. The lowest BCUT2D eigenvalue weighted by Gasteiger charge is -2.15. The molecule has 0 unspecified atom stereocenters. The van der Waals surface area contributed by atoms with E-state index in [-0.39, 0.29) is 6.10 Å². The number of ether oxygens (including phenoxy) is 1. The van der Waals surface area contributed by atoms with Gasteiger partial charge in [-0.2, -0.15) is 5.26 Å². The third kappa shape index (κ3) is 1.72. The largest absolute Gasteiger partial charge is 0.372 e. The first kappa shape index (κ1) is 11.0. The van der Waals surface area contributed by atoms with Crippen molar-refractivity contribution < 1.29 is 4.74 Å². The Hall–Kier alpha value is -1.11. The van der Waals surface area contributed by atoms with Gasteiger partial charge in [-0.3, -0.25) is 0 Å². The topological polar surface area (TPSA) is 45.9 Å². The first-order valence-electron chi connectivity index (χ1n) is 6.04. The number of nitrogens with zero attached hydrogens (tertiary/aromatic N) is 2. The summed E-state index contributed by atoms with van der Waals surface area (Å²) in [6, 6.07) is 2.18. The van der Waals surface area contributed by atoms with Crippen molar-refractivity contribution in [3.63, 3.8) is 0 Å². The second-order valence-electron chi connectivity index (χ2n) is 4.59. The lowest BCUT2D eigenvalue weighted by molar-refractivity contribution is 0.108. The maximum atomic E-state index is 9.13. The SMILES string of the molecule is N#Cc1c(Cl)nc([C@@H]2CCCO2)c2c1CCC2. The quantitative estimate of drug-likeness (QED) is 0.718. The number of fused-ring (bicyclic) bond motifs is 1. The van der Waals surface area contributed by atoms with Gasteiger partial charge >= 0.3 is 0 Å². The van der Waals surface area contributed by atoms with Crippen molar-refractivity contribution in [3.8, 4) is 6.07 Å². The van der Waals surface area contributed by atoms with Crippen molar-refractivity contribution >= 4 is 11.6 Å². The van der Waals surface area contributed by atoms with Crippen molar-refractivity contribution in [3.05, 3.63) is 27.5 Å². The molecule has 0 amide bonds. The fourth-order valence-corrected chi connectivity index (χ4v) is 3.08. The van der Waals surface area contributed by atoms with Crippen LogP contribution in [0.3, 0.4) is 0 Å². The maximum absolute atomic E-state index is 9.13. The van der Waals surface area contributed by atoms with E-state index in [0.717, 1.165) is 50.0 Å². The third-order valence-corrected chi connectivity index (χ3v) is 3.87. The van der Waals surface area contributed by atoms with Crippen LogP contribution in [0.2, 0.25) is 5.15 Å². The van der Waals surface area contributed by atoms with Crippen LogP contribution in [0.15, 0.2) is 0 Å². The van der Waals surface area contributed by atoms with Gasteiger partial charge in [0, 0.05) is 6.61 Å². The summed E-state index contributed by atoms with van der Waals surface area (Å²) in [4.78, 5) is 4.42. The predicted octanol–water partition coefficient (Wildman–Crippen LogP) is 2.95. The number of halogens is 1. The predicted molar refractivity (Wildman–Crippen MR) is 63.9 cm³/mol. The van der Waals surface area contributed by atoms with Crippen LogP contribution in [-0.4, -0.2) is 11.6 Å². The van der Waals surface area contributed by atoms with Crippen LogP contribution in [-0.2, 0) is 17.6 Å². The van der Waals surface area contributed by atoms with Crippen LogP contribution in [0.25, 0.3) is 0 Å². The number of rotatable bonds is 1. The van der Waals surface area contributed by atoms with Gasteiger partial charge in [-0.15, -0.1) is 0 Å². The molecule has 0 spiro atoms. The zero-order valence-corrected chi connectivity index (χ0v) is 10.3. The van der Waals surface area contributed by atoms with Gasteiger partial charge in [0.25, 0.3) is 0 Å². The van der Waals surface area contributed by atoms with Crippen molar-refractivity contribution in [2.45, 2.75) is 38.2 Å². The monoisotopic (exact) mass is 248 g/mol. The Morgan fingerprint density at radius 2 is 2.12 bits per heavy atom. The average Bonchev–Trinajstić information content (AvgIpc) is 2.99. The van der Waals surface area contributed by atoms with Crippen molar-refractivity contribution in [2.24, 2.45) is 0 Å². The van der Waals surface area contributed by atoms with E-state index in [1.165, 1.54) is 5.56 Å². The van der Waals surface area contributed by atoms with Gasteiger partial charge in [0.15, 0.2) is 0 Å². The van der Waals surface area contributed by atoms with Gasteiger partial charge in [-0.05, 0) is 43.2 Å². The Balaban J connectivity index is 2.14. The summed E-state index contributed by atoms with van der Waals surface area (Å²) in [7, 11) is 0. The maximum Gasteiger partial charge on any atom is 0.147 e. The molecule has 1 aromatic heterocycles. The molecule has 1 aliphatic carbocycles. The number of pyridine rings is 1. The zero-order valence-electron chi connectivity index (χ0n) is 9.50. The van der Waals surface area contributed by atoms with E-state index >= 15 is 0 Å². The molecule has 1 saturated heterocycles. The molecule has 3 rings (SSSR count). The molecule has 88 valence electrons. The van der Waals surface area contributed by atoms with E-state index in [9.17, 15) is 0 Å². The summed E-state index contributed by atoms with van der Waals surface area (Å²) in [6.45, 7) is 0.804. The van der Waals surface area contributed by atoms with Gasteiger partial charge in [0.1, 0.15) is 11.2 Å². The van der Waals surface area contributed by atoms with Crippen molar-refractivity contribution in [1.82, 2.24) is 4.98 Å². The van der Waals surface area contributed by atoms with Crippen LogP contribution in [0.5, 0.6) is 0 Å². The highest BCUT2D eigenvalue weighted by atomic mass is 35.5. The minimum atomic E-state index is 0.0899. The molecule has 0 bridgehead atoms. The van der Waals surface area contributed by atoms with Crippen LogP contribution in [0.4, 0.5) is 0 Å². The molecule has 3 nitrogen and oxygen atoms in total. The second-order valence-corrected chi connectivity index (χ2v) is 4.94. The smallest absolute Gasteiger partial charge is 0.147 e. The van der Waals surface area contributed by atoms with Crippen LogP contribution in [0.1, 0.15) is 47.8 Å². The third-order valence-electron chi connectivity index (χ3n) is 3.60. The molecule has 1 fully saturated rings. The Morgan fingerprint density at radius 3 is 2.82 bits per heavy atom. The molecule has 17 heavy (non-hydrogen) atoms. The highest BCUT2D eigenvalue weighted by Gasteiger charge is 2.28. The van der Waals surface area contributed by atoms with E-state index in [0.29, 0.717) is 10.7 Å². The van der Waals surface area contributed by atoms with E-state index in [4.69, 9.17) is 21.6 Å². The van der Waals surface area contributed by atoms with Gasteiger partial charge in [0.2, 0.25) is 0 Å². The Labute approximate surface area is 105 Å². The first-order valence-corrected chi connectivity index (χ1v) is 6.42. The summed E-state index contributed by atoms with van der Waals surface area (Å²) in [5, 5.41) is 9.48. The molecule has 0 N–H and O–H groups in total. The highest BCUT2D eigenvalue weighted by molar-refractivity contribution is 6.30. The average molecular weight is 249 g/mol. The number of hydrogen-bond donors (Lipinski definition) is 0. The van der Waals surface area contributed by atoms with Gasteiger partial charge in [-0.25, -0.2) is 4.98 Å². The van der Waals surface area contributed by atoms with E-state index < -0.39 is 0 Å². The molecule has 0 saturated carbocycles. The molecule has 0 radical (unpaired) electrons. The fourth-order valence-electron chi connectivity index (χ4n) is 2.83. The molecule has 2 heterocycles. The second kappa shape index (κ2) is 4.29.